The Kier molecular flexibility index (Phi) is 6.73. The van der Waals surface area contributed by atoms with Gasteiger partial charge in [0.15, 0.2) is 11.5 Å². The van der Waals surface area contributed by atoms with Crippen LogP contribution in [-0.4, -0.2) is 30.9 Å². The molecule has 0 N–H and O–H groups in total. The number of carbonyl (C=O) groups excluding carboxylic acids is 1. The summed E-state index contributed by atoms with van der Waals surface area (Å²) in [6.07, 6.45) is 0. The first-order valence-corrected chi connectivity index (χ1v) is 10.1. The number of thioether (sulfide) groups is 1. The highest BCUT2D eigenvalue weighted by Gasteiger charge is 2.11. The Morgan fingerprint density at radius 3 is 2.59 bits per heavy atom. The van der Waals surface area contributed by atoms with Gasteiger partial charge in [-0.3, -0.25) is 4.79 Å². The van der Waals surface area contributed by atoms with E-state index in [-0.39, 0.29) is 18.3 Å². The summed E-state index contributed by atoms with van der Waals surface area (Å²) in [4.78, 5) is 17.5. The van der Waals surface area contributed by atoms with Crippen molar-refractivity contribution >= 4 is 29.1 Å². The first-order chi connectivity index (χ1) is 13.2. The van der Waals surface area contributed by atoms with Gasteiger partial charge >= 0.3 is 5.97 Å². The van der Waals surface area contributed by atoms with Crippen LogP contribution in [0.1, 0.15) is 5.69 Å². The molecule has 0 atom stereocenters. The maximum atomic E-state index is 11.9. The Balaban J connectivity index is 1.55. The maximum absolute atomic E-state index is 11.9. The van der Waals surface area contributed by atoms with Crippen molar-refractivity contribution in [3.8, 4) is 22.1 Å². The van der Waals surface area contributed by atoms with Crippen LogP contribution in [0.5, 0.6) is 11.5 Å². The van der Waals surface area contributed by atoms with E-state index in [0.717, 1.165) is 21.2 Å². The van der Waals surface area contributed by atoms with Crippen molar-refractivity contribution in [2.75, 3.05) is 20.0 Å². The molecule has 5 nitrogen and oxygen atoms in total. The van der Waals surface area contributed by atoms with Crippen molar-refractivity contribution in [2.45, 2.75) is 11.5 Å². The number of benzene rings is 2. The third kappa shape index (κ3) is 5.24. The van der Waals surface area contributed by atoms with Gasteiger partial charge in [0, 0.05) is 15.8 Å². The fourth-order valence-corrected chi connectivity index (χ4v) is 3.85. The van der Waals surface area contributed by atoms with Crippen LogP contribution in [-0.2, 0) is 16.1 Å². The van der Waals surface area contributed by atoms with E-state index < -0.39 is 0 Å². The second kappa shape index (κ2) is 9.43. The zero-order chi connectivity index (χ0) is 19.1. The number of hydrogen-bond acceptors (Lipinski definition) is 7. The fraction of sp³-hybridized carbons (Fsp3) is 0.200. The number of hydrogen-bond donors (Lipinski definition) is 0. The van der Waals surface area contributed by atoms with Crippen molar-refractivity contribution in [1.29, 1.82) is 0 Å². The molecular formula is C20H19NO4S2. The molecule has 1 heterocycles. The van der Waals surface area contributed by atoms with Crippen LogP contribution in [0, 0.1) is 0 Å². The molecule has 0 aliphatic heterocycles. The highest BCUT2D eigenvalue weighted by Crippen LogP contribution is 2.33. The van der Waals surface area contributed by atoms with Crippen LogP contribution in [0.4, 0.5) is 0 Å². The minimum atomic E-state index is -0.260. The minimum Gasteiger partial charge on any atom is -0.493 e. The van der Waals surface area contributed by atoms with E-state index >= 15 is 0 Å². The van der Waals surface area contributed by atoms with Gasteiger partial charge in [-0.25, -0.2) is 4.98 Å². The number of thiazole rings is 1. The number of aromatic nitrogens is 1. The molecule has 3 aromatic rings. The summed E-state index contributed by atoms with van der Waals surface area (Å²) in [5, 5.41) is 2.73. The lowest BCUT2D eigenvalue weighted by Crippen LogP contribution is -2.07. The average molecular weight is 402 g/mol. The Bertz CT molecular complexity index is 896. The van der Waals surface area contributed by atoms with E-state index in [4.69, 9.17) is 14.2 Å². The van der Waals surface area contributed by atoms with Gasteiger partial charge in [-0.1, -0.05) is 18.2 Å². The summed E-state index contributed by atoms with van der Waals surface area (Å²) in [6.45, 7) is 0.165. The molecule has 0 amide bonds. The molecular weight excluding hydrogens is 382 g/mol. The van der Waals surface area contributed by atoms with Gasteiger partial charge < -0.3 is 14.2 Å². The predicted molar refractivity (Wildman–Crippen MR) is 108 cm³/mol. The molecule has 0 aliphatic carbocycles. The van der Waals surface area contributed by atoms with E-state index in [1.165, 1.54) is 23.1 Å². The third-order valence-corrected chi connectivity index (χ3v) is 5.59. The first-order valence-electron chi connectivity index (χ1n) is 8.20. The number of ether oxygens (including phenoxy) is 3. The normalized spacial score (nSPS) is 10.4. The Morgan fingerprint density at radius 1 is 1.07 bits per heavy atom. The molecule has 0 spiro atoms. The molecule has 0 fully saturated rings. The summed E-state index contributed by atoms with van der Waals surface area (Å²) < 4.78 is 15.9. The van der Waals surface area contributed by atoms with Gasteiger partial charge in [-0.2, -0.15) is 0 Å². The average Bonchev–Trinajstić information content (AvgIpc) is 3.20. The Morgan fingerprint density at radius 2 is 1.85 bits per heavy atom. The summed E-state index contributed by atoms with van der Waals surface area (Å²) in [6, 6.07) is 15.4. The molecule has 3 rings (SSSR count). The van der Waals surface area contributed by atoms with Gasteiger partial charge in [0.2, 0.25) is 0 Å². The molecule has 0 bridgehead atoms. The van der Waals surface area contributed by atoms with Crippen LogP contribution in [0.3, 0.4) is 0 Å². The summed E-state index contributed by atoms with van der Waals surface area (Å²) in [5.41, 5.74) is 1.65. The topological polar surface area (TPSA) is 57.7 Å². The van der Waals surface area contributed by atoms with Gasteiger partial charge in [0.05, 0.1) is 25.7 Å². The van der Waals surface area contributed by atoms with E-state index in [1.54, 1.807) is 14.2 Å². The highest BCUT2D eigenvalue weighted by molar-refractivity contribution is 8.00. The molecule has 7 heteroatoms. The van der Waals surface area contributed by atoms with Gasteiger partial charge in [-0.05, 0) is 30.3 Å². The van der Waals surface area contributed by atoms with Crippen LogP contribution >= 0.6 is 23.1 Å². The SMILES string of the molecule is COc1ccc(-c2nc(COC(=O)CSc3ccccc3)cs2)cc1OC. The molecule has 0 saturated carbocycles. The molecule has 0 unspecified atom stereocenters. The molecule has 2 aromatic carbocycles. The van der Waals surface area contributed by atoms with Crippen LogP contribution in [0.2, 0.25) is 0 Å². The van der Waals surface area contributed by atoms with Gasteiger partial charge in [-0.15, -0.1) is 23.1 Å². The van der Waals surface area contributed by atoms with Crippen LogP contribution in [0.25, 0.3) is 10.6 Å². The summed E-state index contributed by atoms with van der Waals surface area (Å²) in [5.74, 6) is 1.33. The van der Waals surface area contributed by atoms with Crippen molar-refractivity contribution in [2.24, 2.45) is 0 Å². The van der Waals surface area contributed by atoms with Crippen molar-refractivity contribution in [1.82, 2.24) is 4.98 Å². The van der Waals surface area contributed by atoms with Crippen LogP contribution in [0.15, 0.2) is 58.8 Å². The Labute approximate surface area is 166 Å². The largest absolute Gasteiger partial charge is 0.493 e. The highest BCUT2D eigenvalue weighted by atomic mass is 32.2. The smallest absolute Gasteiger partial charge is 0.316 e. The third-order valence-electron chi connectivity index (χ3n) is 3.66. The monoisotopic (exact) mass is 401 g/mol. The van der Waals surface area contributed by atoms with Gasteiger partial charge in [0.25, 0.3) is 0 Å². The molecule has 140 valence electrons. The number of rotatable bonds is 8. The number of methoxy groups -OCH3 is 2. The molecule has 27 heavy (non-hydrogen) atoms. The second-order valence-electron chi connectivity index (χ2n) is 5.48. The quantitative estimate of drug-likeness (QED) is 0.404. The van der Waals surface area contributed by atoms with Crippen molar-refractivity contribution < 1.29 is 19.0 Å². The molecule has 0 aliphatic rings. The summed E-state index contributed by atoms with van der Waals surface area (Å²) in [7, 11) is 3.20. The van der Waals surface area contributed by atoms with Crippen LogP contribution < -0.4 is 9.47 Å². The zero-order valence-electron chi connectivity index (χ0n) is 15.0. The lowest BCUT2D eigenvalue weighted by Gasteiger charge is -2.08. The number of nitrogens with zero attached hydrogens (tertiary/aromatic N) is 1. The fourth-order valence-electron chi connectivity index (χ4n) is 2.33. The number of esters is 1. The van der Waals surface area contributed by atoms with E-state index in [1.807, 2.05) is 53.9 Å². The Hall–Kier alpha value is -2.51. The van der Waals surface area contributed by atoms with Crippen molar-refractivity contribution in [3.05, 3.63) is 59.6 Å². The second-order valence-corrected chi connectivity index (χ2v) is 7.38. The standard InChI is InChI=1S/C20H19NO4S2/c1-23-17-9-8-14(10-18(17)24-2)20-21-15(12-27-20)11-25-19(22)13-26-16-6-4-3-5-7-16/h3-10,12H,11,13H2,1-2H3. The molecule has 0 radical (unpaired) electrons. The molecule has 0 saturated heterocycles. The lowest BCUT2D eigenvalue weighted by molar-refractivity contribution is -0.141. The van der Waals surface area contributed by atoms with E-state index in [0.29, 0.717) is 11.5 Å². The minimum absolute atomic E-state index is 0.165. The predicted octanol–water partition coefficient (Wildman–Crippen LogP) is 4.66. The molecule has 1 aromatic heterocycles. The number of carbonyl (C=O) groups is 1. The lowest BCUT2D eigenvalue weighted by atomic mass is 10.2. The maximum Gasteiger partial charge on any atom is 0.316 e. The zero-order valence-corrected chi connectivity index (χ0v) is 16.6. The van der Waals surface area contributed by atoms with Gasteiger partial charge in [0.1, 0.15) is 11.6 Å². The van der Waals surface area contributed by atoms with E-state index in [2.05, 4.69) is 4.98 Å². The first kappa shape index (κ1) is 19.3. The van der Waals surface area contributed by atoms with E-state index in [9.17, 15) is 4.79 Å². The van der Waals surface area contributed by atoms with Crippen molar-refractivity contribution in [3.63, 3.8) is 0 Å². The summed E-state index contributed by atoms with van der Waals surface area (Å²) >= 11 is 2.95.